The summed E-state index contributed by atoms with van der Waals surface area (Å²) in [4.78, 5) is 96.4. The molecule has 0 bridgehead atoms. The lowest BCUT2D eigenvalue weighted by atomic mass is 9.97. The molecule has 0 amide bonds. The molecule has 47 heavy (non-hydrogen) atoms. The molecule has 0 aliphatic carbocycles. The van der Waals surface area contributed by atoms with Gasteiger partial charge in [-0.1, -0.05) is 0 Å². The van der Waals surface area contributed by atoms with E-state index in [1.165, 1.54) is 0 Å². The monoisotopic (exact) mass is 678 g/mol. The van der Waals surface area contributed by atoms with Crippen molar-refractivity contribution in [2.24, 2.45) is 0 Å². The van der Waals surface area contributed by atoms with Gasteiger partial charge in [0.05, 0.1) is 0 Å². The van der Waals surface area contributed by atoms with Crippen molar-refractivity contribution in [3.05, 3.63) is 0 Å². The van der Waals surface area contributed by atoms with Crippen molar-refractivity contribution in [3.63, 3.8) is 0 Å². The van der Waals surface area contributed by atoms with Gasteiger partial charge in [-0.3, -0.25) is 38.4 Å². The van der Waals surface area contributed by atoms with Gasteiger partial charge in [0, 0.05) is 55.4 Å². The summed E-state index contributed by atoms with van der Waals surface area (Å²) in [6.45, 7) is 6.12. The predicted octanol–water partition coefficient (Wildman–Crippen LogP) is -0.829. The summed E-state index contributed by atoms with van der Waals surface area (Å²) >= 11 is 0. The standard InChI is InChI=1S/C28H38O19/c1-12(29)37-9-20-22(40-15(4)32)24(42-17(6)34)25(43-18(7)35)27(45-20)47-28(11-39-14(3)31)26(44-19(8)36)23(41-16(5)33)21(46-28)10-38-13(2)30/h20-27H,9-11H2,1-8H3/t20-,21+,22-,23+,24+,25-,26-,27-,28-/m1/s1. The Morgan fingerprint density at radius 3 is 1.38 bits per heavy atom. The Morgan fingerprint density at radius 1 is 0.489 bits per heavy atom. The molecule has 2 rings (SSSR count). The summed E-state index contributed by atoms with van der Waals surface area (Å²) < 4.78 is 60.5. The van der Waals surface area contributed by atoms with E-state index in [9.17, 15) is 38.4 Å². The Kier molecular flexibility index (Phi) is 14.0. The van der Waals surface area contributed by atoms with Crippen LogP contribution in [0.4, 0.5) is 0 Å². The molecule has 0 aromatic carbocycles. The zero-order chi connectivity index (χ0) is 35.6. The minimum absolute atomic E-state index is 0.588. The van der Waals surface area contributed by atoms with Crippen LogP contribution in [0.1, 0.15) is 55.4 Å². The zero-order valence-corrected chi connectivity index (χ0v) is 27.0. The van der Waals surface area contributed by atoms with Crippen molar-refractivity contribution in [2.45, 2.75) is 110 Å². The summed E-state index contributed by atoms with van der Waals surface area (Å²) in [5.41, 5.74) is 0. The SMILES string of the molecule is CC(=O)OC[C@@H]1O[C@](COC(C)=O)(O[C@H]2O[C@H](COC(C)=O)[C@@H](OC(C)=O)[C@H](OC(C)=O)[C@H]2OC(C)=O)[C@H](OC(C)=O)[C@H]1OC(C)=O. The van der Waals surface area contributed by atoms with E-state index in [4.69, 9.17) is 52.1 Å². The first kappa shape index (κ1) is 38.8. The predicted molar refractivity (Wildman–Crippen MR) is 145 cm³/mol. The van der Waals surface area contributed by atoms with Gasteiger partial charge >= 0.3 is 47.8 Å². The highest BCUT2D eigenvalue weighted by atomic mass is 16.8. The maximum absolute atomic E-state index is 12.3. The number of esters is 8. The van der Waals surface area contributed by atoms with E-state index in [-0.39, 0.29) is 0 Å². The van der Waals surface area contributed by atoms with Crippen molar-refractivity contribution in [2.75, 3.05) is 19.8 Å². The van der Waals surface area contributed by atoms with Crippen LogP contribution in [0.15, 0.2) is 0 Å². The lowest BCUT2D eigenvalue weighted by Gasteiger charge is -2.46. The number of carbonyl (C=O) groups excluding carboxylic acids is 8. The maximum atomic E-state index is 12.3. The summed E-state index contributed by atoms with van der Waals surface area (Å²) in [5.74, 6) is -9.54. The van der Waals surface area contributed by atoms with E-state index in [0.717, 1.165) is 55.4 Å². The van der Waals surface area contributed by atoms with Crippen LogP contribution in [0.2, 0.25) is 0 Å². The van der Waals surface area contributed by atoms with E-state index in [1.54, 1.807) is 0 Å². The summed E-state index contributed by atoms with van der Waals surface area (Å²) in [7, 11) is 0. The number of ether oxygens (including phenoxy) is 11. The van der Waals surface area contributed by atoms with Gasteiger partial charge in [0.25, 0.3) is 0 Å². The average Bonchev–Trinajstić information content (AvgIpc) is 3.18. The minimum atomic E-state index is -2.48. The first-order valence-corrected chi connectivity index (χ1v) is 14.1. The summed E-state index contributed by atoms with van der Waals surface area (Å²) in [5, 5.41) is 0. The fraction of sp³-hybridized carbons (Fsp3) is 0.714. The largest absolute Gasteiger partial charge is 0.463 e. The molecule has 0 aromatic rings. The molecule has 0 radical (unpaired) electrons. The first-order chi connectivity index (χ1) is 21.8. The topological polar surface area (TPSA) is 238 Å². The van der Waals surface area contributed by atoms with Crippen molar-refractivity contribution in [3.8, 4) is 0 Å². The van der Waals surface area contributed by atoms with Gasteiger partial charge in [0.1, 0.15) is 32.0 Å². The van der Waals surface area contributed by atoms with Crippen LogP contribution in [-0.2, 0) is 90.5 Å². The molecule has 0 spiro atoms. The van der Waals surface area contributed by atoms with Crippen LogP contribution in [0, 0.1) is 0 Å². The van der Waals surface area contributed by atoms with Crippen molar-refractivity contribution >= 4 is 47.8 Å². The Hall–Kier alpha value is -4.36. The van der Waals surface area contributed by atoms with Gasteiger partial charge in [0.15, 0.2) is 30.5 Å². The van der Waals surface area contributed by atoms with E-state index in [1.807, 2.05) is 0 Å². The Labute approximate surface area is 268 Å². The van der Waals surface area contributed by atoms with Crippen LogP contribution < -0.4 is 0 Å². The Balaban J connectivity index is 2.78. The van der Waals surface area contributed by atoms with Gasteiger partial charge in [-0.2, -0.15) is 0 Å². The molecule has 2 saturated heterocycles. The number of hydrogen-bond acceptors (Lipinski definition) is 19. The second-order valence-corrected chi connectivity index (χ2v) is 10.3. The molecule has 19 nitrogen and oxygen atoms in total. The van der Waals surface area contributed by atoms with Gasteiger partial charge in [0.2, 0.25) is 12.1 Å². The van der Waals surface area contributed by atoms with E-state index < -0.39 is 122 Å². The van der Waals surface area contributed by atoms with Gasteiger partial charge < -0.3 is 52.1 Å². The molecule has 2 aliphatic heterocycles. The van der Waals surface area contributed by atoms with Gasteiger partial charge in [-0.25, -0.2) is 0 Å². The lowest BCUT2D eigenvalue weighted by molar-refractivity contribution is -0.384. The van der Waals surface area contributed by atoms with Crippen LogP contribution in [0.3, 0.4) is 0 Å². The van der Waals surface area contributed by atoms with E-state index in [2.05, 4.69) is 0 Å². The normalized spacial score (nSPS) is 29.8. The van der Waals surface area contributed by atoms with E-state index in [0.29, 0.717) is 0 Å². The molecule has 2 heterocycles. The Morgan fingerprint density at radius 2 is 0.915 bits per heavy atom. The molecule has 19 heteroatoms. The third-order valence-corrected chi connectivity index (χ3v) is 6.24. The van der Waals surface area contributed by atoms with Crippen molar-refractivity contribution in [1.29, 1.82) is 0 Å². The molecular weight excluding hydrogens is 640 g/mol. The van der Waals surface area contributed by atoms with Crippen LogP contribution in [-0.4, -0.2) is 122 Å². The fourth-order valence-electron chi connectivity index (χ4n) is 4.76. The highest BCUT2D eigenvalue weighted by molar-refractivity contribution is 5.69. The number of carbonyl (C=O) groups is 8. The van der Waals surface area contributed by atoms with Gasteiger partial charge in [-0.05, 0) is 0 Å². The van der Waals surface area contributed by atoms with E-state index >= 15 is 0 Å². The molecule has 2 fully saturated rings. The zero-order valence-electron chi connectivity index (χ0n) is 27.0. The van der Waals surface area contributed by atoms with Crippen LogP contribution in [0.5, 0.6) is 0 Å². The molecular formula is C28H38O19. The maximum Gasteiger partial charge on any atom is 0.303 e. The second kappa shape index (κ2) is 17.0. The minimum Gasteiger partial charge on any atom is -0.463 e. The molecule has 0 N–H and O–H groups in total. The second-order valence-electron chi connectivity index (χ2n) is 10.3. The molecule has 0 unspecified atom stereocenters. The molecule has 9 atom stereocenters. The summed E-state index contributed by atoms with van der Waals surface area (Å²) in [6.07, 6.45) is -13.2. The average molecular weight is 679 g/mol. The third kappa shape index (κ3) is 11.4. The highest BCUT2D eigenvalue weighted by Gasteiger charge is 2.65. The first-order valence-electron chi connectivity index (χ1n) is 14.1. The quantitative estimate of drug-likeness (QED) is 0.171. The Bertz CT molecular complexity index is 1210. The third-order valence-electron chi connectivity index (χ3n) is 6.24. The van der Waals surface area contributed by atoms with Crippen LogP contribution >= 0.6 is 0 Å². The number of hydrogen-bond donors (Lipinski definition) is 0. The van der Waals surface area contributed by atoms with Gasteiger partial charge in [-0.15, -0.1) is 0 Å². The van der Waals surface area contributed by atoms with Crippen LogP contribution in [0.25, 0.3) is 0 Å². The lowest BCUT2D eigenvalue weighted by Crippen LogP contribution is -2.65. The smallest absolute Gasteiger partial charge is 0.303 e. The fourth-order valence-corrected chi connectivity index (χ4v) is 4.76. The number of rotatable bonds is 13. The summed E-state index contributed by atoms with van der Waals surface area (Å²) in [6, 6.07) is 0. The molecule has 264 valence electrons. The molecule has 2 aliphatic rings. The molecule has 0 aromatic heterocycles. The van der Waals surface area contributed by atoms with Crippen molar-refractivity contribution in [1.82, 2.24) is 0 Å². The molecule has 0 saturated carbocycles. The highest BCUT2D eigenvalue weighted by Crippen LogP contribution is 2.41. The van der Waals surface area contributed by atoms with Crippen molar-refractivity contribution < 1.29 is 90.5 Å².